The summed E-state index contributed by atoms with van der Waals surface area (Å²) in [6.07, 6.45) is 8.14. The highest BCUT2D eigenvalue weighted by Gasteiger charge is 2.30. The van der Waals surface area contributed by atoms with E-state index in [1.165, 1.54) is 96.7 Å². The zero-order valence-corrected chi connectivity index (χ0v) is 14.5. The second kappa shape index (κ2) is 7.69. The highest BCUT2D eigenvalue weighted by molar-refractivity contribution is 5.03. The van der Waals surface area contributed by atoms with Gasteiger partial charge in [0.15, 0.2) is 0 Å². The van der Waals surface area contributed by atoms with Crippen LogP contribution in [0.25, 0.3) is 0 Å². The van der Waals surface area contributed by atoms with Crippen LogP contribution in [0.3, 0.4) is 0 Å². The first-order valence-electron chi connectivity index (χ1n) is 9.35. The number of piperidine rings is 2. The fourth-order valence-corrected chi connectivity index (χ4v) is 4.28. The van der Waals surface area contributed by atoms with Crippen molar-refractivity contribution in [2.75, 3.05) is 59.4 Å². The lowest BCUT2D eigenvalue weighted by molar-refractivity contribution is 0.157. The summed E-state index contributed by atoms with van der Waals surface area (Å²) in [6.45, 7) is 14.4. The van der Waals surface area contributed by atoms with E-state index >= 15 is 0 Å². The molecule has 0 N–H and O–H groups in total. The van der Waals surface area contributed by atoms with Gasteiger partial charge in [-0.15, -0.1) is 0 Å². The highest BCUT2D eigenvalue weighted by Crippen LogP contribution is 2.25. The molecule has 3 saturated heterocycles. The van der Waals surface area contributed by atoms with Gasteiger partial charge in [-0.2, -0.15) is 0 Å². The van der Waals surface area contributed by atoms with Crippen LogP contribution in [0, 0.1) is 0 Å². The third kappa shape index (κ3) is 3.96. The first-order chi connectivity index (χ1) is 10.7. The topological polar surface area (TPSA) is 13.0 Å². The van der Waals surface area contributed by atoms with Crippen LogP contribution in [0.5, 0.6) is 0 Å². The Labute approximate surface area is 136 Å². The zero-order chi connectivity index (χ0) is 15.4. The van der Waals surface area contributed by atoms with E-state index in [-0.39, 0.29) is 0 Å². The molecular weight excluding hydrogens is 272 g/mol. The minimum Gasteiger partial charge on any atom is -0.357 e. The van der Waals surface area contributed by atoms with Gasteiger partial charge in [0.05, 0.1) is 5.82 Å². The molecule has 0 amide bonds. The molecule has 0 atom stereocenters. The first-order valence-corrected chi connectivity index (χ1v) is 9.35. The molecule has 0 aromatic rings. The normalized spacial score (nSPS) is 26.1. The maximum Gasteiger partial charge on any atom is 0.0968 e. The molecule has 3 heterocycles. The van der Waals surface area contributed by atoms with Crippen LogP contribution < -0.4 is 0 Å². The number of nitrogens with zero attached hydrogens (tertiary/aromatic N) is 4. The average Bonchev–Trinajstić information content (AvgIpc) is 2.90. The van der Waals surface area contributed by atoms with Crippen LogP contribution in [-0.2, 0) is 0 Å². The summed E-state index contributed by atoms with van der Waals surface area (Å²) in [5.74, 6) is 1.30. The van der Waals surface area contributed by atoms with Gasteiger partial charge in [-0.3, -0.25) is 0 Å². The molecule has 0 saturated carbocycles. The van der Waals surface area contributed by atoms with Crippen LogP contribution in [0.4, 0.5) is 0 Å². The van der Waals surface area contributed by atoms with E-state index in [9.17, 15) is 0 Å². The number of rotatable bonds is 5. The molecule has 0 aromatic heterocycles. The molecule has 4 heteroatoms. The Hall–Kier alpha value is -0.740. The van der Waals surface area contributed by atoms with Gasteiger partial charge in [0.1, 0.15) is 0 Å². The fraction of sp³-hybridized carbons (Fsp3) is 0.889. The van der Waals surface area contributed by atoms with Gasteiger partial charge >= 0.3 is 0 Å². The summed E-state index contributed by atoms with van der Waals surface area (Å²) in [6, 6.07) is 0.732. The van der Waals surface area contributed by atoms with Gasteiger partial charge in [0, 0.05) is 25.7 Å². The summed E-state index contributed by atoms with van der Waals surface area (Å²) in [5.41, 5.74) is 0. The molecule has 0 aliphatic carbocycles. The van der Waals surface area contributed by atoms with Crippen molar-refractivity contribution in [3.05, 3.63) is 12.4 Å². The molecule has 0 bridgehead atoms. The van der Waals surface area contributed by atoms with Gasteiger partial charge in [-0.25, -0.2) is 0 Å². The summed E-state index contributed by atoms with van der Waals surface area (Å²) >= 11 is 0. The van der Waals surface area contributed by atoms with E-state index in [0.717, 1.165) is 6.04 Å². The van der Waals surface area contributed by atoms with E-state index in [2.05, 4.69) is 33.2 Å². The molecule has 3 fully saturated rings. The quantitative estimate of drug-likeness (QED) is 0.770. The lowest BCUT2D eigenvalue weighted by Crippen LogP contribution is -2.42. The second-order valence-electron chi connectivity index (χ2n) is 7.39. The monoisotopic (exact) mass is 306 g/mol. The van der Waals surface area contributed by atoms with Crippen LogP contribution in [0.2, 0.25) is 0 Å². The Morgan fingerprint density at radius 3 is 2.36 bits per heavy atom. The average molecular weight is 306 g/mol. The Bertz CT molecular complexity index is 356. The van der Waals surface area contributed by atoms with Crippen molar-refractivity contribution in [3.63, 3.8) is 0 Å². The van der Waals surface area contributed by atoms with E-state index in [1.807, 2.05) is 0 Å². The van der Waals surface area contributed by atoms with Crippen LogP contribution in [0.1, 0.15) is 38.5 Å². The zero-order valence-electron chi connectivity index (χ0n) is 14.5. The maximum atomic E-state index is 4.40. The number of likely N-dealkylation sites (tertiary alicyclic amines) is 2. The molecule has 3 aliphatic heterocycles. The Kier molecular flexibility index (Phi) is 5.64. The molecule has 0 aromatic carbocycles. The molecule has 0 spiro atoms. The molecule has 0 unspecified atom stereocenters. The van der Waals surface area contributed by atoms with Crippen molar-refractivity contribution in [2.24, 2.45) is 0 Å². The van der Waals surface area contributed by atoms with Crippen LogP contribution in [-0.4, -0.2) is 85.0 Å². The first kappa shape index (κ1) is 16.1. The predicted molar refractivity (Wildman–Crippen MR) is 92.8 cm³/mol. The van der Waals surface area contributed by atoms with Crippen molar-refractivity contribution >= 4 is 0 Å². The van der Waals surface area contributed by atoms with Gasteiger partial charge in [0.25, 0.3) is 0 Å². The lowest BCUT2D eigenvalue weighted by Gasteiger charge is -2.37. The Morgan fingerprint density at radius 2 is 1.64 bits per heavy atom. The maximum absolute atomic E-state index is 4.40. The summed E-state index contributed by atoms with van der Waals surface area (Å²) in [7, 11) is 2.24. The highest BCUT2D eigenvalue weighted by atomic mass is 15.4. The molecule has 3 rings (SSSR count). The minimum atomic E-state index is 0.732. The largest absolute Gasteiger partial charge is 0.357 e. The minimum absolute atomic E-state index is 0.732. The Balaban J connectivity index is 1.39. The van der Waals surface area contributed by atoms with Gasteiger partial charge in [-0.05, 0) is 71.9 Å². The van der Waals surface area contributed by atoms with E-state index in [4.69, 9.17) is 0 Å². The van der Waals surface area contributed by atoms with Crippen LogP contribution in [0.15, 0.2) is 12.4 Å². The van der Waals surface area contributed by atoms with E-state index in [0.29, 0.717) is 0 Å². The SMILES string of the molecule is C=C1N(CCCN2CCCCC2)CCN1C1CCN(C)CC1. The second-order valence-corrected chi connectivity index (χ2v) is 7.39. The lowest BCUT2D eigenvalue weighted by atomic mass is 10.0. The van der Waals surface area contributed by atoms with Gasteiger partial charge in [-0.1, -0.05) is 13.0 Å². The standard InChI is InChI=1S/C18H34N4/c1-17-21(12-6-11-20-9-4-3-5-10-20)15-16-22(17)18-7-13-19(2)14-8-18/h18H,1,3-16H2,2H3. The molecule has 22 heavy (non-hydrogen) atoms. The summed E-state index contributed by atoms with van der Waals surface area (Å²) < 4.78 is 0. The third-order valence-electron chi connectivity index (χ3n) is 5.79. The predicted octanol–water partition coefficient (Wildman–Crippen LogP) is 2.05. The van der Waals surface area contributed by atoms with Crippen molar-refractivity contribution < 1.29 is 0 Å². The van der Waals surface area contributed by atoms with Crippen molar-refractivity contribution in [2.45, 2.75) is 44.6 Å². The molecule has 126 valence electrons. The summed E-state index contributed by atoms with van der Waals surface area (Å²) in [5, 5.41) is 0. The van der Waals surface area contributed by atoms with E-state index < -0.39 is 0 Å². The van der Waals surface area contributed by atoms with Gasteiger partial charge < -0.3 is 19.6 Å². The summed E-state index contributed by atoms with van der Waals surface area (Å²) in [4.78, 5) is 10.2. The molecule has 3 aliphatic rings. The molecular formula is C18H34N4. The number of hydrogen-bond donors (Lipinski definition) is 0. The fourth-order valence-electron chi connectivity index (χ4n) is 4.28. The molecule has 4 nitrogen and oxygen atoms in total. The van der Waals surface area contributed by atoms with Crippen molar-refractivity contribution in [3.8, 4) is 0 Å². The van der Waals surface area contributed by atoms with Gasteiger partial charge in [0.2, 0.25) is 0 Å². The number of hydrogen-bond acceptors (Lipinski definition) is 4. The van der Waals surface area contributed by atoms with Crippen molar-refractivity contribution in [1.29, 1.82) is 0 Å². The van der Waals surface area contributed by atoms with Crippen molar-refractivity contribution in [1.82, 2.24) is 19.6 Å². The third-order valence-corrected chi connectivity index (χ3v) is 5.79. The molecule has 0 radical (unpaired) electrons. The Morgan fingerprint density at radius 1 is 0.909 bits per heavy atom. The van der Waals surface area contributed by atoms with Crippen LogP contribution >= 0.6 is 0 Å². The van der Waals surface area contributed by atoms with E-state index in [1.54, 1.807) is 0 Å². The smallest absolute Gasteiger partial charge is 0.0968 e.